The zero-order valence-corrected chi connectivity index (χ0v) is 18.3. The maximum Gasteiger partial charge on any atom is 0.340 e. The molecule has 0 spiro atoms. The van der Waals surface area contributed by atoms with Gasteiger partial charge in [0.2, 0.25) is 5.91 Å². The number of fused-ring (bicyclic) bond motifs is 4. The summed E-state index contributed by atoms with van der Waals surface area (Å²) in [5.41, 5.74) is 3.56. The van der Waals surface area contributed by atoms with Crippen LogP contribution in [0.2, 0.25) is 0 Å². The summed E-state index contributed by atoms with van der Waals surface area (Å²) in [5, 5.41) is 13.6. The molecule has 0 unspecified atom stereocenters. The second-order valence-corrected chi connectivity index (χ2v) is 8.76. The van der Waals surface area contributed by atoms with Gasteiger partial charge in [-0.05, 0) is 50.7 Å². The van der Waals surface area contributed by atoms with E-state index in [1.54, 1.807) is 20.8 Å². The van der Waals surface area contributed by atoms with Crippen LogP contribution in [-0.4, -0.2) is 23.0 Å². The van der Waals surface area contributed by atoms with Crippen molar-refractivity contribution < 1.29 is 23.5 Å². The summed E-state index contributed by atoms with van der Waals surface area (Å²) >= 11 is 0. The third-order valence-electron chi connectivity index (χ3n) is 6.31. The summed E-state index contributed by atoms with van der Waals surface area (Å²) in [5.74, 6) is -0.894. The summed E-state index contributed by atoms with van der Waals surface area (Å²) in [6.45, 7) is 7.12. The van der Waals surface area contributed by atoms with E-state index in [0.29, 0.717) is 11.1 Å². The van der Waals surface area contributed by atoms with E-state index >= 15 is 0 Å². The molecule has 2 aromatic heterocycles. The lowest BCUT2D eigenvalue weighted by molar-refractivity contribution is -0.143. The van der Waals surface area contributed by atoms with Crippen LogP contribution in [0, 0.1) is 19.8 Å². The Bertz CT molecular complexity index is 1260. The molecule has 0 fully saturated rings. The highest BCUT2D eigenvalue weighted by atomic mass is 16.4. The number of nitrogens with one attached hydrogen (secondary N) is 1. The van der Waals surface area contributed by atoms with Gasteiger partial charge >= 0.3 is 11.6 Å². The maximum absolute atomic E-state index is 12.7. The number of hydrogen-bond acceptors (Lipinski definition) is 5. The zero-order valence-electron chi connectivity index (χ0n) is 18.3. The zero-order chi connectivity index (χ0) is 22.4. The van der Waals surface area contributed by atoms with Gasteiger partial charge in [-0.3, -0.25) is 4.79 Å². The Hall–Kier alpha value is -3.09. The number of benzene rings is 1. The highest BCUT2D eigenvalue weighted by Gasteiger charge is 2.26. The van der Waals surface area contributed by atoms with Gasteiger partial charge < -0.3 is 19.3 Å². The van der Waals surface area contributed by atoms with Crippen molar-refractivity contribution in [3.05, 3.63) is 44.5 Å². The molecule has 31 heavy (non-hydrogen) atoms. The third kappa shape index (κ3) is 3.62. The Balaban J connectivity index is 1.79. The van der Waals surface area contributed by atoms with E-state index in [9.17, 15) is 19.5 Å². The van der Waals surface area contributed by atoms with Gasteiger partial charge in [-0.1, -0.05) is 13.8 Å². The van der Waals surface area contributed by atoms with E-state index in [-0.39, 0.29) is 17.9 Å². The van der Waals surface area contributed by atoms with Gasteiger partial charge in [0.05, 0.1) is 12.0 Å². The molecule has 7 heteroatoms. The molecule has 0 saturated heterocycles. The Morgan fingerprint density at radius 2 is 1.74 bits per heavy atom. The fourth-order valence-electron chi connectivity index (χ4n) is 4.52. The minimum Gasteiger partial charge on any atom is -0.480 e. The smallest absolute Gasteiger partial charge is 0.340 e. The number of carboxylic acid groups (broad SMARTS) is 1. The molecule has 3 aromatic rings. The van der Waals surface area contributed by atoms with Crippen molar-refractivity contribution >= 4 is 33.8 Å². The molecule has 2 heterocycles. The second-order valence-electron chi connectivity index (χ2n) is 8.76. The Kier molecular flexibility index (Phi) is 5.37. The number of hydrogen-bond donors (Lipinski definition) is 2. The van der Waals surface area contributed by atoms with Crippen LogP contribution in [0.15, 0.2) is 19.7 Å². The quantitative estimate of drug-likeness (QED) is 0.602. The van der Waals surface area contributed by atoms with Crippen molar-refractivity contribution in [2.24, 2.45) is 5.92 Å². The highest BCUT2D eigenvalue weighted by Crippen LogP contribution is 2.37. The molecule has 0 saturated carbocycles. The topological polar surface area (TPSA) is 110 Å². The minimum absolute atomic E-state index is 0.235. The molecular weight excluding hydrogens is 398 g/mol. The van der Waals surface area contributed by atoms with Crippen LogP contribution in [-0.2, 0) is 28.9 Å². The predicted molar refractivity (Wildman–Crippen MR) is 116 cm³/mol. The van der Waals surface area contributed by atoms with E-state index in [1.165, 1.54) is 5.56 Å². The second kappa shape index (κ2) is 7.87. The number of aliphatic carboxylic acids is 1. The van der Waals surface area contributed by atoms with Gasteiger partial charge in [0.15, 0.2) is 0 Å². The van der Waals surface area contributed by atoms with Crippen molar-refractivity contribution in [2.75, 3.05) is 0 Å². The first-order chi connectivity index (χ1) is 14.7. The van der Waals surface area contributed by atoms with E-state index in [0.717, 1.165) is 53.4 Å². The average Bonchev–Trinajstić information content (AvgIpc) is 3.09. The average molecular weight is 425 g/mol. The molecule has 164 valence electrons. The number of furan rings is 1. The number of aryl methyl sites for hydroxylation is 4. The number of rotatable bonds is 5. The van der Waals surface area contributed by atoms with Crippen molar-refractivity contribution in [1.82, 2.24) is 5.32 Å². The summed E-state index contributed by atoms with van der Waals surface area (Å²) in [7, 11) is 0. The van der Waals surface area contributed by atoms with Gasteiger partial charge in [-0.25, -0.2) is 9.59 Å². The van der Waals surface area contributed by atoms with Crippen molar-refractivity contribution in [3.63, 3.8) is 0 Å². The number of amides is 1. The molecule has 1 amide bonds. The lowest BCUT2D eigenvalue weighted by Crippen LogP contribution is -2.45. The molecular formula is C24H27NO6. The Labute approximate surface area is 179 Å². The van der Waals surface area contributed by atoms with Gasteiger partial charge in [0.25, 0.3) is 0 Å². The Morgan fingerprint density at radius 3 is 2.42 bits per heavy atom. The molecule has 1 atom stereocenters. The molecule has 2 N–H and O–H groups in total. The van der Waals surface area contributed by atoms with Gasteiger partial charge in [0, 0.05) is 28.3 Å². The van der Waals surface area contributed by atoms with Gasteiger partial charge in [0.1, 0.15) is 23.0 Å². The molecule has 0 aliphatic heterocycles. The van der Waals surface area contributed by atoms with E-state index < -0.39 is 23.5 Å². The first kappa shape index (κ1) is 21.2. The Morgan fingerprint density at radius 1 is 1.06 bits per heavy atom. The lowest BCUT2D eigenvalue weighted by Gasteiger charge is -2.18. The molecule has 1 aliphatic rings. The van der Waals surface area contributed by atoms with Crippen molar-refractivity contribution in [3.8, 4) is 0 Å². The van der Waals surface area contributed by atoms with Gasteiger partial charge in [-0.2, -0.15) is 0 Å². The first-order valence-electron chi connectivity index (χ1n) is 10.7. The van der Waals surface area contributed by atoms with E-state index in [2.05, 4.69) is 5.32 Å². The normalized spacial score (nSPS) is 14.7. The van der Waals surface area contributed by atoms with Crippen molar-refractivity contribution in [2.45, 2.75) is 65.8 Å². The maximum atomic E-state index is 12.7. The van der Waals surface area contributed by atoms with E-state index in [1.807, 2.05) is 13.0 Å². The number of carboxylic acids is 1. The SMILES string of the molecule is Cc1c(CC(=O)N[C@@H](C(=O)O)C(C)C)c(=O)oc2c(C)c3oc4c(c3cc12)CCCC4. The molecule has 0 radical (unpaired) electrons. The highest BCUT2D eigenvalue weighted by molar-refractivity contribution is 6.00. The van der Waals surface area contributed by atoms with E-state index in [4.69, 9.17) is 8.83 Å². The fourth-order valence-corrected chi connectivity index (χ4v) is 4.52. The van der Waals surface area contributed by atoms with Crippen molar-refractivity contribution in [1.29, 1.82) is 0 Å². The molecule has 1 aliphatic carbocycles. The molecule has 7 nitrogen and oxygen atoms in total. The standard InChI is InChI=1S/C24H27NO6/c1-11(2)20(23(27)28)25-19(26)10-16-12(3)15-9-17-14-7-5-6-8-18(14)30-22(17)13(4)21(15)31-24(16)29/h9,11,20H,5-8,10H2,1-4H3,(H,25,26)(H,27,28)/t20-/m1/s1. The lowest BCUT2D eigenvalue weighted by atomic mass is 9.93. The summed E-state index contributed by atoms with van der Waals surface area (Å²) in [6.07, 6.45) is 3.86. The third-order valence-corrected chi connectivity index (χ3v) is 6.31. The monoisotopic (exact) mass is 425 g/mol. The van der Waals surface area contributed by atoms with Gasteiger partial charge in [-0.15, -0.1) is 0 Å². The number of carbonyl (C=O) groups excluding carboxylic acids is 1. The predicted octanol–water partition coefficient (Wildman–Crippen LogP) is 3.80. The fraction of sp³-hybridized carbons (Fsp3) is 0.458. The van der Waals surface area contributed by atoms with Crippen LogP contribution in [0.3, 0.4) is 0 Å². The first-order valence-corrected chi connectivity index (χ1v) is 10.7. The molecule has 0 bridgehead atoms. The molecule has 1 aromatic carbocycles. The summed E-state index contributed by atoms with van der Waals surface area (Å²) < 4.78 is 11.7. The number of carbonyl (C=O) groups is 2. The summed E-state index contributed by atoms with van der Waals surface area (Å²) in [4.78, 5) is 36.7. The van der Waals surface area contributed by atoms with Crippen LogP contribution >= 0.6 is 0 Å². The van der Waals surface area contributed by atoms with Crippen LogP contribution in [0.4, 0.5) is 0 Å². The van der Waals surface area contributed by atoms with Crippen LogP contribution < -0.4 is 10.9 Å². The summed E-state index contributed by atoms with van der Waals surface area (Å²) in [6, 6.07) is 0.985. The minimum atomic E-state index is -1.10. The largest absolute Gasteiger partial charge is 0.480 e. The van der Waals surface area contributed by atoms with Crippen LogP contribution in [0.1, 0.15) is 54.7 Å². The van der Waals surface area contributed by atoms with Crippen LogP contribution in [0.25, 0.3) is 21.9 Å². The molecule has 4 rings (SSSR count). The van der Waals surface area contributed by atoms with Crippen LogP contribution in [0.5, 0.6) is 0 Å².